The van der Waals surface area contributed by atoms with Gasteiger partial charge in [-0.3, -0.25) is 28.3 Å². The Bertz CT molecular complexity index is 1720. The number of hydrogen-bond acceptors (Lipinski definition) is 10. The van der Waals surface area contributed by atoms with Gasteiger partial charge in [-0.05, 0) is 56.4 Å². The fourth-order valence-electron chi connectivity index (χ4n) is 5.73. The average Bonchev–Trinajstić information content (AvgIpc) is 3.82. The molecule has 0 aliphatic carbocycles. The molecule has 12 nitrogen and oxygen atoms in total. The standard InChI is InChI=1S/C33H38N6O6S2/c40-28(34-18-22-8-5-16-44-22)20-46-32-36-26-12-3-1-10-24(26)30(42)38(32)14-7-15-39-31(43)25-11-2-4-13-27(25)37-33(39)47-21-29(41)35-19-23-9-6-17-45-23/h1-4,10-13,22-23H,5-9,14-21H2,(H,34,40)(H,35,41)/t22-,23+. The Morgan fingerprint density at radius 1 is 0.723 bits per heavy atom. The molecule has 4 heterocycles. The van der Waals surface area contributed by atoms with Crippen LogP contribution in [0.15, 0.2) is 68.4 Å². The molecule has 2 fully saturated rings. The van der Waals surface area contributed by atoms with E-state index in [0.717, 1.165) is 38.9 Å². The van der Waals surface area contributed by atoms with Crippen LogP contribution in [0.25, 0.3) is 21.8 Å². The Kier molecular flexibility index (Phi) is 11.2. The lowest BCUT2D eigenvalue weighted by Gasteiger charge is -2.16. The van der Waals surface area contributed by atoms with Gasteiger partial charge in [-0.2, -0.15) is 0 Å². The molecule has 0 spiro atoms. The van der Waals surface area contributed by atoms with Crippen molar-refractivity contribution >= 4 is 57.1 Å². The molecule has 2 N–H and O–H groups in total. The van der Waals surface area contributed by atoms with Crippen LogP contribution in [0.5, 0.6) is 0 Å². The maximum absolute atomic E-state index is 13.6. The van der Waals surface area contributed by atoms with Crippen LogP contribution in [0.1, 0.15) is 32.1 Å². The molecule has 2 atom stereocenters. The molecule has 2 aliphatic heterocycles. The van der Waals surface area contributed by atoms with Gasteiger partial charge in [0.25, 0.3) is 11.1 Å². The Labute approximate surface area is 280 Å². The van der Waals surface area contributed by atoms with E-state index in [1.54, 1.807) is 45.5 Å². The van der Waals surface area contributed by atoms with E-state index in [1.165, 1.54) is 23.5 Å². The summed E-state index contributed by atoms with van der Waals surface area (Å²) in [6.45, 7) is 2.89. The van der Waals surface area contributed by atoms with E-state index >= 15 is 0 Å². The first-order chi connectivity index (χ1) is 23.0. The second-order valence-corrected chi connectivity index (χ2v) is 13.4. The summed E-state index contributed by atoms with van der Waals surface area (Å²) in [4.78, 5) is 62.0. The Balaban J connectivity index is 1.17. The summed E-state index contributed by atoms with van der Waals surface area (Å²) in [5, 5.41) is 7.66. The zero-order valence-electron chi connectivity index (χ0n) is 26.0. The molecule has 2 amide bonds. The van der Waals surface area contributed by atoms with Crippen molar-refractivity contribution in [2.75, 3.05) is 37.8 Å². The fourth-order valence-corrected chi connectivity index (χ4v) is 7.44. The van der Waals surface area contributed by atoms with Gasteiger partial charge in [-0.15, -0.1) is 0 Å². The van der Waals surface area contributed by atoms with Gasteiger partial charge in [0.2, 0.25) is 11.8 Å². The predicted octanol–water partition coefficient (Wildman–Crippen LogP) is 2.97. The highest BCUT2D eigenvalue weighted by Crippen LogP contribution is 2.21. The SMILES string of the molecule is O=C(CSc1nc2ccccc2c(=O)n1CCCn1c(SCC(=O)NC[C@@H]2CCCO2)nc2ccccc2c1=O)NC[C@H]1CCCO1. The third-order valence-corrected chi connectivity index (χ3v) is 10.1. The number of benzene rings is 2. The summed E-state index contributed by atoms with van der Waals surface area (Å²) in [6, 6.07) is 14.3. The number of hydrogen-bond donors (Lipinski definition) is 2. The van der Waals surface area contributed by atoms with E-state index in [2.05, 4.69) is 10.6 Å². The highest BCUT2D eigenvalue weighted by molar-refractivity contribution is 8.00. The highest BCUT2D eigenvalue weighted by Gasteiger charge is 2.20. The largest absolute Gasteiger partial charge is 0.376 e. The number of para-hydroxylation sites is 2. The molecule has 2 saturated heterocycles. The van der Waals surface area contributed by atoms with Gasteiger partial charge in [-0.25, -0.2) is 9.97 Å². The molecule has 248 valence electrons. The molecule has 2 aromatic carbocycles. The predicted molar refractivity (Wildman–Crippen MR) is 182 cm³/mol. The van der Waals surface area contributed by atoms with E-state index < -0.39 is 0 Å². The van der Waals surface area contributed by atoms with Gasteiger partial charge in [0.15, 0.2) is 10.3 Å². The van der Waals surface area contributed by atoms with E-state index in [4.69, 9.17) is 19.4 Å². The summed E-state index contributed by atoms with van der Waals surface area (Å²) in [5.41, 5.74) is 0.698. The first-order valence-corrected chi connectivity index (χ1v) is 17.9. The molecule has 2 aliphatic rings. The maximum Gasteiger partial charge on any atom is 0.262 e. The summed E-state index contributed by atoms with van der Waals surface area (Å²) in [5.74, 6) is -0.118. The molecule has 14 heteroatoms. The minimum Gasteiger partial charge on any atom is -0.376 e. The van der Waals surface area contributed by atoms with Gasteiger partial charge < -0.3 is 20.1 Å². The fraction of sp³-hybridized carbons (Fsp3) is 0.455. The molecule has 0 saturated carbocycles. The molecule has 0 unspecified atom stereocenters. The van der Waals surface area contributed by atoms with Gasteiger partial charge in [0.05, 0.1) is 45.5 Å². The van der Waals surface area contributed by atoms with Gasteiger partial charge in [0, 0.05) is 39.4 Å². The zero-order chi connectivity index (χ0) is 32.6. The number of carbonyl (C=O) groups excluding carboxylic acids is 2. The highest BCUT2D eigenvalue weighted by atomic mass is 32.2. The Hall–Kier alpha value is -3.72. The lowest BCUT2D eigenvalue weighted by atomic mass is 10.2. The molecule has 4 aromatic rings. The lowest BCUT2D eigenvalue weighted by Crippen LogP contribution is -2.33. The van der Waals surface area contributed by atoms with Crippen LogP contribution >= 0.6 is 23.5 Å². The van der Waals surface area contributed by atoms with Crippen molar-refractivity contribution in [3.8, 4) is 0 Å². The van der Waals surface area contributed by atoms with Crippen LogP contribution in [0.2, 0.25) is 0 Å². The van der Waals surface area contributed by atoms with Crippen LogP contribution in [-0.2, 0) is 32.2 Å². The summed E-state index contributed by atoms with van der Waals surface area (Å²) in [7, 11) is 0. The number of ether oxygens (including phenoxy) is 2. The first-order valence-electron chi connectivity index (χ1n) is 16.0. The van der Waals surface area contributed by atoms with Crippen molar-refractivity contribution in [3.63, 3.8) is 0 Å². The second kappa shape index (κ2) is 15.9. The molecular formula is C33H38N6O6S2. The number of thioether (sulfide) groups is 2. The molecule has 6 rings (SSSR count). The van der Waals surface area contributed by atoms with E-state index in [-0.39, 0.29) is 59.7 Å². The number of fused-ring (bicyclic) bond motifs is 2. The smallest absolute Gasteiger partial charge is 0.262 e. The molecule has 0 bridgehead atoms. The van der Waals surface area contributed by atoms with Crippen molar-refractivity contribution in [3.05, 3.63) is 69.2 Å². The normalized spacial score (nSPS) is 17.8. The van der Waals surface area contributed by atoms with Crippen molar-refractivity contribution in [2.45, 2.75) is 67.7 Å². The Morgan fingerprint density at radius 3 is 1.60 bits per heavy atom. The number of aromatic nitrogens is 4. The topological polar surface area (TPSA) is 146 Å². The third kappa shape index (κ3) is 8.42. The maximum atomic E-state index is 13.6. The van der Waals surface area contributed by atoms with Gasteiger partial charge in [-0.1, -0.05) is 47.8 Å². The molecule has 0 radical (unpaired) electrons. The average molecular weight is 679 g/mol. The quantitative estimate of drug-likeness (QED) is 0.151. The number of rotatable bonds is 14. The van der Waals surface area contributed by atoms with Crippen LogP contribution in [0, 0.1) is 0 Å². The second-order valence-electron chi connectivity index (χ2n) is 11.5. The summed E-state index contributed by atoms with van der Waals surface area (Å²) < 4.78 is 14.3. The van der Waals surface area contributed by atoms with E-state index in [9.17, 15) is 19.2 Å². The minimum absolute atomic E-state index is 0.0397. The van der Waals surface area contributed by atoms with Crippen molar-refractivity contribution in [1.82, 2.24) is 29.7 Å². The third-order valence-electron chi connectivity index (χ3n) is 8.18. The molecule has 2 aromatic heterocycles. The number of nitrogens with one attached hydrogen (secondary N) is 2. The van der Waals surface area contributed by atoms with Crippen LogP contribution < -0.4 is 21.8 Å². The Morgan fingerprint density at radius 2 is 1.17 bits per heavy atom. The lowest BCUT2D eigenvalue weighted by molar-refractivity contribution is -0.119. The van der Waals surface area contributed by atoms with Crippen molar-refractivity contribution < 1.29 is 19.1 Å². The summed E-state index contributed by atoms with van der Waals surface area (Å²) >= 11 is 2.41. The number of amides is 2. The first kappa shape index (κ1) is 33.2. The van der Waals surface area contributed by atoms with Gasteiger partial charge in [0.1, 0.15) is 0 Å². The summed E-state index contributed by atoms with van der Waals surface area (Å²) in [6.07, 6.45) is 4.34. The van der Waals surface area contributed by atoms with Crippen molar-refractivity contribution in [2.24, 2.45) is 0 Å². The van der Waals surface area contributed by atoms with Crippen molar-refractivity contribution in [1.29, 1.82) is 0 Å². The number of nitrogens with zero attached hydrogens (tertiary/aromatic N) is 4. The zero-order valence-corrected chi connectivity index (χ0v) is 27.7. The molecule has 47 heavy (non-hydrogen) atoms. The van der Waals surface area contributed by atoms with E-state index in [0.29, 0.717) is 51.6 Å². The minimum atomic E-state index is -0.209. The van der Waals surface area contributed by atoms with Crippen LogP contribution in [-0.4, -0.2) is 80.9 Å². The van der Waals surface area contributed by atoms with Crippen LogP contribution in [0.3, 0.4) is 0 Å². The number of carbonyl (C=O) groups is 2. The monoisotopic (exact) mass is 678 g/mol. The molecular weight excluding hydrogens is 641 g/mol. The van der Waals surface area contributed by atoms with Gasteiger partial charge >= 0.3 is 0 Å². The van der Waals surface area contributed by atoms with E-state index in [1.807, 2.05) is 12.1 Å². The van der Waals surface area contributed by atoms with Crippen LogP contribution in [0.4, 0.5) is 0 Å².